The van der Waals surface area contributed by atoms with Crippen LogP contribution in [0.2, 0.25) is 5.02 Å². The second kappa shape index (κ2) is 7.64. The van der Waals surface area contributed by atoms with E-state index in [0.29, 0.717) is 5.69 Å². The topological polar surface area (TPSA) is 120 Å². The summed E-state index contributed by atoms with van der Waals surface area (Å²) in [4.78, 5) is 18.0. The van der Waals surface area contributed by atoms with Crippen molar-refractivity contribution < 1.29 is 14.2 Å². The molecular formula is C22H17ClN4O4S. The van der Waals surface area contributed by atoms with Gasteiger partial charge in [-0.2, -0.15) is 0 Å². The molecule has 4 N–H and O–H groups in total. The van der Waals surface area contributed by atoms with Crippen LogP contribution in [0.3, 0.4) is 0 Å². The number of aromatic hydroxyl groups is 1. The van der Waals surface area contributed by atoms with Gasteiger partial charge in [0.05, 0.1) is 22.6 Å². The first-order chi connectivity index (χ1) is 15.3. The first-order valence-electron chi connectivity index (χ1n) is 9.55. The van der Waals surface area contributed by atoms with Gasteiger partial charge in [0.2, 0.25) is 0 Å². The third-order valence-corrected chi connectivity index (χ3v) is 6.70. The fourth-order valence-corrected chi connectivity index (χ4v) is 4.98. The van der Waals surface area contributed by atoms with Crippen LogP contribution in [0.25, 0.3) is 11.0 Å². The van der Waals surface area contributed by atoms with E-state index in [1.807, 2.05) is 30.3 Å². The van der Waals surface area contributed by atoms with Crippen LogP contribution >= 0.6 is 22.4 Å². The number of nitrogens with zero attached hydrogens (tertiary/aromatic N) is 3. The first kappa shape index (κ1) is 20.5. The van der Waals surface area contributed by atoms with Crippen LogP contribution in [0.4, 0.5) is 5.69 Å². The second-order valence-corrected chi connectivity index (χ2v) is 9.30. The van der Waals surface area contributed by atoms with E-state index < -0.39 is 22.1 Å². The Bertz CT molecular complexity index is 1450. The van der Waals surface area contributed by atoms with Gasteiger partial charge in [-0.3, -0.25) is 18.5 Å². The number of para-hydroxylation sites is 1. The predicted octanol–water partition coefficient (Wildman–Crippen LogP) is 4.70. The number of hydrogen-bond acceptors (Lipinski definition) is 7. The largest absolute Gasteiger partial charge is 0.506 e. The minimum Gasteiger partial charge on any atom is -0.506 e. The molecule has 3 heterocycles. The zero-order chi connectivity index (χ0) is 22.5. The molecule has 0 bridgehead atoms. The maximum atomic E-state index is 13.6. The highest BCUT2D eigenvalue weighted by atomic mass is 35.5. The van der Waals surface area contributed by atoms with Gasteiger partial charge in [0, 0.05) is 6.20 Å². The number of fused-ring (bicyclic) bond motifs is 2. The van der Waals surface area contributed by atoms with E-state index in [1.165, 1.54) is 22.9 Å². The van der Waals surface area contributed by atoms with E-state index in [4.69, 9.17) is 11.6 Å². The highest BCUT2D eigenvalue weighted by Crippen LogP contribution is 2.55. The Morgan fingerprint density at radius 2 is 1.78 bits per heavy atom. The zero-order valence-electron chi connectivity index (χ0n) is 16.4. The van der Waals surface area contributed by atoms with E-state index in [9.17, 15) is 19.0 Å². The van der Waals surface area contributed by atoms with Gasteiger partial charge >= 0.3 is 0 Å². The second-order valence-electron chi connectivity index (χ2n) is 7.21. The number of halogens is 1. The summed E-state index contributed by atoms with van der Waals surface area (Å²) in [7, 11) is -3.58. The van der Waals surface area contributed by atoms with Crippen molar-refractivity contribution in [2.75, 3.05) is 5.32 Å². The Morgan fingerprint density at radius 1 is 1.06 bits per heavy atom. The van der Waals surface area contributed by atoms with Crippen molar-refractivity contribution >= 4 is 44.9 Å². The molecule has 2 aromatic carbocycles. The van der Waals surface area contributed by atoms with Crippen LogP contribution in [-0.2, 0) is 6.54 Å². The number of aromatic nitrogens is 2. The predicted molar refractivity (Wildman–Crippen MR) is 126 cm³/mol. The van der Waals surface area contributed by atoms with Gasteiger partial charge in [0.1, 0.15) is 21.9 Å². The molecule has 0 saturated heterocycles. The molecule has 0 aliphatic carbocycles. The standard InChI is InChI=1S/C22H17ClN4O4S/c23-14-10-15-19(28)18(20-25-16-8-4-5-9-17(16)32(30,31)26-20)22(29)27(21(15)24-11-14)12-13-6-2-1-3-7-13/h1-11,28,30-31H,12H2,(H,25,26). The van der Waals surface area contributed by atoms with Crippen molar-refractivity contribution in [3.8, 4) is 5.75 Å². The average Bonchev–Trinajstić information content (AvgIpc) is 2.77. The lowest BCUT2D eigenvalue weighted by molar-refractivity contribution is 0.477. The summed E-state index contributed by atoms with van der Waals surface area (Å²) in [6.07, 6.45) is 1.40. The van der Waals surface area contributed by atoms with Crippen molar-refractivity contribution in [3.05, 3.63) is 93.4 Å². The number of amidine groups is 1. The quantitative estimate of drug-likeness (QED) is 0.346. The van der Waals surface area contributed by atoms with Gasteiger partial charge in [-0.05, 0) is 23.8 Å². The summed E-state index contributed by atoms with van der Waals surface area (Å²) < 4.78 is 26.6. The maximum Gasteiger partial charge on any atom is 0.267 e. The zero-order valence-corrected chi connectivity index (χ0v) is 18.0. The molecule has 0 atom stereocenters. The Morgan fingerprint density at radius 3 is 2.56 bits per heavy atom. The van der Waals surface area contributed by atoms with Gasteiger partial charge in [0.15, 0.2) is 5.84 Å². The highest BCUT2D eigenvalue weighted by Gasteiger charge is 2.30. The minimum absolute atomic E-state index is 0.144. The number of rotatable bonds is 3. The summed E-state index contributed by atoms with van der Waals surface area (Å²) in [5.74, 6) is -0.542. The SMILES string of the molecule is O=c1c(C2=NS(O)(O)c3ccccc3N2)c(O)c2cc(Cl)cnc2n1Cc1ccccc1. The molecule has 0 fully saturated rings. The molecule has 2 aromatic heterocycles. The lowest BCUT2D eigenvalue weighted by Gasteiger charge is -2.34. The van der Waals surface area contributed by atoms with Crippen LogP contribution < -0.4 is 10.9 Å². The smallest absolute Gasteiger partial charge is 0.267 e. The van der Waals surface area contributed by atoms with E-state index >= 15 is 0 Å². The summed E-state index contributed by atoms with van der Waals surface area (Å²) in [5, 5.41) is 14.5. The van der Waals surface area contributed by atoms with Crippen molar-refractivity contribution in [2.45, 2.75) is 11.4 Å². The number of hydrogen-bond donors (Lipinski definition) is 4. The van der Waals surface area contributed by atoms with Crippen molar-refractivity contribution in [1.82, 2.24) is 9.55 Å². The van der Waals surface area contributed by atoms with Crippen LogP contribution in [-0.4, -0.2) is 29.6 Å². The molecule has 0 saturated carbocycles. The number of pyridine rings is 2. The van der Waals surface area contributed by atoms with E-state index in [-0.39, 0.29) is 38.9 Å². The van der Waals surface area contributed by atoms with Crippen molar-refractivity contribution in [3.63, 3.8) is 0 Å². The van der Waals surface area contributed by atoms with Gasteiger partial charge in [-0.1, -0.05) is 64.8 Å². The van der Waals surface area contributed by atoms with Gasteiger partial charge < -0.3 is 10.4 Å². The van der Waals surface area contributed by atoms with Gasteiger partial charge in [-0.25, -0.2) is 4.98 Å². The Labute approximate surface area is 189 Å². The molecule has 0 spiro atoms. The minimum atomic E-state index is -3.58. The van der Waals surface area contributed by atoms with Crippen LogP contribution in [0, 0.1) is 0 Å². The van der Waals surface area contributed by atoms with Gasteiger partial charge in [0.25, 0.3) is 5.56 Å². The molecule has 10 heteroatoms. The normalized spacial score (nSPS) is 15.5. The molecule has 32 heavy (non-hydrogen) atoms. The van der Waals surface area contributed by atoms with Crippen LogP contribution in [0.1, 0.15) is 11.1 Å². The van der Waals surface area contributed by atoms with E-state index in [1.54, 1.807) is 18.2 Å². The highest BCUT2D eigenvalue weighted by molar-refractivity contribution is 8.23. The van der Waals surface area contributed by atoms with Crippen LogP contribution in [0.5, 0.6) is 5.75 Å². The molecule has 0 amide bonds. The van der Waals surface area contributed by atoms with E-state index in [0.717, 1.165) is 5.56 Å². The fraction of sp³-hybridized carbons (Fsp3) is 0.0455. The molecule has 0 radical (unpaired) electrons. The fourth-order valence-electron chi connectivity index (χ4n) is 3.66. The number of nitrogens with one attached hydrogen (secondary N) is 1. The maximum absolute atomic E-state index is 13.6. The molecule has 5 rings (SSSR count). The number of anilines is 1. The Hall–Kier alpha value is -3.37. The molecule has 8 nitrogen and oxygen atoms in total. The summed E-state index contributed by atoms with van der Waals surface area (Å²) in [5.41, 5.74) is 0.682. The molecule has 1 aliphatic rings. The van der Waals surface area contributed by atoms with E-state index in [2.05, 4.69) is 14.7 Å². The third-order valence-electron chi connectivity index (χ3n) is 5.11. The molecule has 1 aliphatic heterocycles. The summed E-state index contributed by atoms with van der Waals surface area (Å²) in [6.45, 7) is 0.179. The monoisotopic (exact) mass is 468 g/mol. The molecule has 4 aromatic rings. The third kappa shape index (κ3) is 3.41. The lowest BCUT2D eigenvalue weighted by Crippen LogP contribution is -2.32. The Kier molecular flexibility index (Phi) is 4.90. The lowest BCUT2D eigenvalue weighted by atomic mass is 10.1. The molecule has 0 unspecified atom stereocenters. The summed E-state index contributed by atoms with van der Waals surface area (Å²) in [6, 6.07) is 17.3. The average molecular weight is 469 g/mol. The van der Waals surface area contributed by atoms with Crippen molar-refractivity contribution in [1.29, 1.82) is 0 Å². The van der Waals surface area contributed by atoms with Crippen LogP contribution in [0.15, 0.2) is 80.9 Å². The first-order valence-corrected chi connectivity index (χ1v) is 11.4. The summed E-state index contributed by atoms with van der Waals surface area (Å²) >= 11 is 6.11. The molecule has 162 valence electrons. The van der Waals surface area contributed by atoms with Crippen molar-refractivity contribution in [2.24, 2.45) is 4.40 Å². The Balaban J connectivity index is 1.77. The molecular weight excluding hydrogens is 452 g/mol. The number of benzene rings is 2. The van der Waals surface area contributed by atoms with Gasteiger partial charge in [-0.15, -0.1) is 4.40 Å².